The number of carbonyl (C=O) groups is 1. The van der Waals surface area contributed by atoms with Crippen LogP contribution in [0.2, 0.25) is 0 Å². The molecule has 0 N–H and O–H groups in total. The predicted octanol–water partition coefficient (Wildman–Crippen LogP) is 3.27. The summed E-state index contributed by atoms with van der Waals surface area (Å²) in [6.45, 7) is 7.97. The molecule has 0 spiro atoms. The number of hydrogen-bond donors (Lipinski definition) is 0. The Labute approximate surface area is 105 Å². The molecule has 94 valence electrons. The van der Waals surface area contributed by atoms with Crippen molar-refractivity contribution < 1.29 is 4.79 Å². The summed E-state index contributed by atoms with van der Waals surface area (Å²) in [7, 11) is 0. The lowest BCUT2D eigenvalue weighted by atomic mass is 10.1. The molecule has 1 atom stereocenters. The third kappa shape index (κ3) is 5.14. The van der Waals surface area contributed by atoms with Gasteiger partial charge in [0.1, 0.15) is 5.78 Å². The van der Waals surface area contributed by atoms with Gasteiger partial charge >= 0.3 is 0 Å². The molecule has 0 aromatic heterocycles. The quantitative estimate of drug-likeness (QED) is 0.720. The van der Waals surface area contributed by atoms with Crippen molar-refractivity contribution in [2.24, 2.45) is 0 Å². The number of benzene rings is 1. The van der Waals surface area contributed by atoms with E-state index in [1.807, 2.05) is 6.07 Å². The van der Waals surface area contributed by atoms with Crippen LogP contribution in [-0.2, 0) is 11.3 Å². The van der Waals surface area contributed by atoms with Gasteiger partial charge < -0.3 is 0 Å². The molecule has 17 heavy (non-hydrogen) atoms. The summed E-state index contributed by atoms with van der Waals surface area (Å²) in [5, 5.41) is 0. The number of carbonyl (C=O) groups excluding carboxylic acids is 1. The molecular formula is C15H23NO. The second-order valence-electron chi connectivity index (χ2n) is 4.71. The summed E-state index contributed by atoms with van der Waals surface area (Å²) in [4.78, 5) is 13.6. The maximum Gasteiger partial charge on any atom is 0.131 e. The van der Waals surface area contributed by atoms with Crippen LogP contribution in [0.5, 0.6) is 0 Å². The highest BCUT2D eigenvalue weighted by atomic mass is 16.1. The Bertz CT molecular complexity index is 334. The van der Waals surface area contributed by atoms with Crippen LogP contribution in [0, 0.1) is 0 Å². The van der Waals surface area contributed by atoms with Crippen molar-refractivity contribution in [3.8, 4) is 0 Å². The van der Waals surface area contributed by atoms with Crippen molar-refractivity contribution in [1.82, 2.24) is 4.90 Å². The first-order chi connectivity index (χ1) is 8.13. The Hall–Kier alpha value is -1.15. The van der Waals surface area contributed by atoms with Crippen LogP contribution in [0.25, 0.3) is 0 Å². The first kappa shape index (κ1) is 13.9. The molecule has 1 rings (SSSR count). The van der Waals surface area contributed by atoms with Crippen LogP contribution in [-0.4, -0.2) is 23.3 Å². The van der Waals surface area contributed by atoms with E-state index < -0.39 is 0 Å². The summed E-state index contributed by atoms with van der Waals surface area (Å²) in [5.74, 6) is 0.270. The van der Waals surface area contributed by atoms with Crippen molar-refractivity contribution >= 4 is 5.78 Å². The van der Waals surface area contributed by atoms with Gasteiger partial charge in [-0.05, 0) is 32.4 Å². The molecule has 0 saturated heterocycles. The van der Waals surface area contributed by atoms with Crippen LogP contribution >= 0.6 is 0 Å². The van der Waals surface area contributed by atoms with Gasteiger partial charge in [0.2, 0.25) is 0 Å². The normalized spacial score (nSPS) is 12.7. The van der Waals surface area contributed by atoms with Crippen molar-refractivity contribution in [2.45, 2.75) is 46.2 Å². The topological polar surface area (TPSA) is 20.3 Å². The van der Waals surface area contributed by atoms with Crippen molar-refractivity contribution in [2.75, 3.05) is 6.54 Å². The Morgan fingerprint density at radius 1 is 1.29 bits per heavy atom. The molecule has 0 radical (unpaired) electrons. The van der Waals surface area contributed by atoms with E-state index in [1.54, 1.807) is 6.92 Å². The Kier molecular flexibility index (Phi) is 5.92. The highest BCUT2D eigenvalue weighted by Gasteiger charge is 2.14. The van der Waals surface area contributed by atoms with E-state index in [4.69, 9.17) is 0 Å². The minimum absolute atomic E-state index is 0.270. The number of ketones is 1. The summed E-state index contributed by atoms with van der Waals surface area (Å²) in [5.41, 5.74) is 1.32. The molecule has 1 aromatic carbocycles. The zero-order valence-corrected chi connectivity index (χ0v) is 11.1. The molecular weight excluding hydrogens is 210 g/mol. The monoisotopic (exact) mass is 233 g/mol. The van der Waals surface area contributed by atoms with E-state index in [2.05, 4.69) is 43.0 Å². The van der Waals surface area contributed by atoms with Crippen molar-refractivity contribution in [1.29, 1.82) is 0 Å². The van der Waals surface area contributed by atoms with Crippen molar-refractivity contribution in [3.05, 3.63) is 35.9 Å². The molecule has 0 saturated carbocycles. The maximum atomic E-state index is 11.2. The zero-order valence-electron chi connectivity index (χ0n) is 11.1. The number of rotatable bonds is 7. The molecule has 1 unspecified atom stereocenters. The van der Waals surface area contributed by atoms with Crippen molar-refractivity contribution in [3.63, 3.8) is 0 Å². The summed E-state index contributed by atoms with van der Waals surface area (Å²) in [6.07, 6.45) is 1.77. The van der Waals surface area contributed by atoms with Crippen LogP contribution in [0.1, 0.15) is 39.2 Å². The summed E-state index contributed by atoms with van der Waals surface area (Å²) < 4.78 is 0. The molecule has 0 aliphatic heterocycles. The van der Waals surface area contributed by atoms with Gasteiger partial charge in [-0.15, -0.1) is 0 Å². The lowest BCUT2D eigenvalue weighted by molar-refractivity contribution is -0.118. The lowest BCUT2D eigenvalue weighted by Crippen LogP contribution is -2.34. The molecule has 2 nitrogen and oxygen atoms in total. The van der Waals surface area contributed by atoms with Gasteiger partial charge in [-0.2, -0.15) is 0 Å². The maximum absolute atomic E-state index is 11.2. The van der Waals surface area contributed by atoms with E-state index >= 15 is 0 Å². The highest BCUT2D eigenvalue weighted by Crippen LogP contribution is 2.11. The second-order valence-corrected chi connectivity index (χ2v) is 4.71. The Balaban J connectivity index is 2.62. The molecule has 0 fully saturated rings. The van der Waals surface area contributed by atoms with Gasteiger partial charge in [0.25, 0.3) is 0 Å². The fourth-order valence-electron chi connectivity index (χ4n) is 2.11. The predicted molar refractivity (Wildman–Crippen MR) is 71.9 cm³/mol. The second kappa shape index (κ2) is 7.23. The van der Waals surface area contributed by atoms with Crippen LogP contribution in [0.4, 0.5) is 0 Å². The van der Waals surface area contributed by atoms with Gasteiger partial charge in [0, 0.05) is 19.0 Å². The molecule has 0 amide bonds. The molecule has 1 aromatic rings. The first-order valence-corrected chi connectivity index (χ1v) is 6.41. The van der Waals surface area contributed by atoms with E-state index in [9.17, 15) is 4.79 Å². The molecule has 0 heterocycles. The lowest BCUT2D eigenvalue weighted by Gasteiger charge is -2.28. The standard InChI is InChI=1S/C15H23NO/c1-4-10-16(13(2)11-14(3)17)12-15-8-6-5-7-9-15/h5-9,13H,4,10-12H2,1-3H3. The smallest absolute Gasteiger partial charge is 0.131 e. The average molecular weight is 233 g/mol. The minimum atomic E-state index is 0.270. The van der Waals surface area contributed by atoms with Gasteiger partial charge in [-0.3, -0.25) is 9.69 Å². The van der Waals surface area contributed by atoms with Crippen LogP contribution in [0.15, 0.2) is 30.3 Å². The fourth-order valence-corrected chi connectivity index (χ4v) is 2.11. The minimum Gasteiger partial charge on any atom is -0.300 e. The summed E-state index contributed by atoms with van der Waals surface area (Å²) >= 11 is 0. The average Bonchev–Trinajstić information content (AvgIpc) is 2.29. The van der Waals surface area contributed by atoms with E-state index in [0.29, 0.717) is 12.5 Å². The third-order valence-electron chi connectivity index (χ3n) is 2.95. The molecule has 0 bridgehead atoms. The van der Waals surface area contributed by atoms with Gasteiger partial charge in [0.15, 0.2) is 0 Å². The summed E-state index contributed by atoms with van der Waals surface area (Å²) in [6, 6.07) is 10.8. The van der Waals surface area contributed by atoms with E-state index in [-0.39, 0.29) is 5.78 Å². The third-order valence-corrected chi connectivity index (χ3v) is 2.95. The SMILES string of the molecule is CCCN(Cc1ccccc1)C(C)CC(C)=O. The highest BCUT2D eigenvalue weighted by molar-refractivity contribution is 5.76. The Morgan fingerprint density at radius 3 is 2.47 bits per heavy atom. The number of Topliss-reactive ketones (excluding diaryl/α,β-unsaturated/α-hetero) is 1. The largest absolute Gasteiger partial charge is 0.300 e. The van der Waals surface area contributed by atoms with Crippen LogP contribution in [0.3, 0.4) is 0 Å². The van der Waals surface area contributed by atoms with Gasteiger partial charge in [-0.1, -0.05) is 37.3 Å². The van der Waals surface area contributed by atoms with Gasteiger partial charge in [-0.25, -0.2) is 0 Å². The van der Waals surface area contributed by atoms with Crippen LogP contribution < -0.4 is 0 Å². The van der Waals surface area contributed by atoms with E-state index in [0.717, 1.165) is 19.5 Å². The molecule has 0 aliphatic rings. The Morgan fingerprint density at radius 2 is 1.94 bits per heavy atom. The molecule has 0 aliphatic carbocycles. The van der Waals surface area contributed by atoms with Gasteiger partial charge in [0.05, 0.1) is 0 Å². The van der Waals surface area contributed by atoms with E-state index in [1.165, 1.54) is 5.56 Å². The first-order valence-electron chi connectivity index (χ1n) is 6.41. The number of hydrogen-bond acceptors (Lipinski definition) is 2. The zero-order chi connectivity index (χ0) is 12.7. The fraction of sp³-hybridized carbons (Fsp3) is 0.533. The number of nitrogens with zero attached hydrogens (tertiary/aromatic N) is 1. The molecule has 2 heteroatoms.